The number of hydrogen-bond donors (Lipinski definition) is 2. The Balaban J connectivity index is 1.73. The first-order valence-corrected chi connectivity index (χ1v) is 9.22. The molecule has 1 aliphatic rings. The highest BCUT2D eigenvalue weighted by molar-refractivity contribution is 7.80. The second-order valence-electron chi connectivity index (χ2n) is 6.12. The minimum Gasteiger partial charge on any atom is -0.477 e. The second kappa shape index (κ2) is 8.67. The number of ether oxygens (including phenoxy) is 1. The fourth-order valence-corrected chi connectivity index (χ4v) is 3.04. The van der Waals surface area contributed by atoms with E-state index in [1.165, 1.54) is 0 Å². The summed E-state index contributed by atoms with van der Waals surface area (Å²) in [5.41, 5.74) is 2.02. The van der Waals surface area contributed by atoms with Gasteiger partial charge in [0.1, 0.15) is 5.75 Å². The lowest BCUT2D eigenvalue weighted by atomic mass is 10.2. The summed E-state index contributed by atoms with van der Waals surface area (Å²) in [4.78, 5) is 14.3. The van der Waals surface area contributed by atoms with E-state index in [0.717, 1.165) is 17.7 Å². The normalized spacial score (nSPS) is 15.6. The van der Waals surface area contributed by atoms with Gasteiger partial charge >= 0.3 is 0 Å². The molecule has 1 atom stereocenters. The standard InChI is InChI=1S/C20H23N3O2S/c1-2-12-21-19(24)18-14-23(16-10-6-7-11-17(16)25-18)20(26)22-13-15-8-4-3-5-9-15/h3-11,18H,2,12-14H2,1H3,(H,21,24)(H,22,26)/t18-/m0/s1. The minimum absolute atomic E-state index is 0.114. The molecule has 3 rings (SSSR count). The summed E-state index contributed by atoms with van der Waals surface area (Å²) in [5, 5.41) is 6.76. The molecule has 2 N–H and O–H groups in total. The van der Waals surface area contributed by atoms with Crippen LogP contribution in [0.25, 0.3) is 0 Å². The molecule has 1 amide bonds. The predicted octanol–water partition coefficient (Wildman–Crippen LogP) is 2.85. The van der Waals surface area contributed by atoms with Crippen molar-refractivity contribution in [3.8, 4) is 5.75 Å². The van der Waals surface area contributed by atoms with Crippen LogP contribution in [-0.2, 0) is 11.3 Å². The molecule has 0 radical (unpaired) electrons. The Kier molecular flexibility index (Phi) is 6.07. The van der Waals surface area contributed by atoms with Crippen molar-refractivity contribution in [3.63, 3.8) is 0 Å². The van der Waals surface area contributed by atoms with Gasteiger partial charge in [0.05, 0.1) is 12.2 Å². The van der Waals surface area contributed by atoms with Gasteiger partial charge in [-0.25, -0.2) is 0 Å². The van der Waals surface area contributed by atoms with Crippen LogP contribution in [-0.4, -0.2) is 30.2 Å². The summed E-state index contributed by atoms with van der Waals surface area (Å²) in [6.07, 6.45) is 0.295. The van der Waals surface area contributed by atoms with Crippen molar-refractivity contribution in [3.05, 3.63) is 60.2 Å². The van der Waals surface area contributed by atoms with Crippen molar-refractivity contribution in [1.82, 2.24) is 10.6 Å². The third kappa shape index (κ3) is 4.32. The topological polar surface area (TPSA) is 53.6 Å². The Hall–Kier alpha value is -2.60. The Bertz CT molecular complexity index is 767. The number of fused-ring (bicyclic) bond motifs is 1. The number of hydrogen-bond acceptors (Lipinski definition) is 3. The largest absolute Gasteiger partial charge is 0.477 e. The quantitative estimate of drug-likeness (QED) is 0.794. The number of nitrogens with one attached hydrogen (secondary N) is 2. The van der Waals surface area contributed by atoms with Crippen LogP contribution in [0.1, 0.15) is 18.9 Å². The molecule has 6 heteroatoms. The molecule has 0 aromatic heterocycles. The van der Waals surface area contributed by atoms with Gasteiger partial charge in [-0.15, -0.1) is 0 Å². The molecule has 0 unspecified atom stereocenters. The Labute approximate surface area is 159 Å². The van der Waals surface area contributed by atoms with Crippen LogP contribution in [0.2, 0.25) is 0 Å². The number of carbonyl (C=O) groups is 1. The van der Waals surface area contributed by atoms with Crippen molar-refractivity contribution in [2.75, 3.05) is 18.0 Å². The molecule has 0 saturated carbocycles. The molecule has 1 heterocycles. The zero-order valence-corrected chi connectivity index (χ0v) is 15.6. The summed E-state index contributed by atoms with van der Waals surface area (Å²) >= 11 is 5.60. The lowest BCUT2D eigenvalue weighted by Gasteiger charge is -2.35. The number of amides is 1. The van der Waals surface area contributed by atoms with Gasteiger partial charge in [0.15, 0.2) is 11.2 Å². The number of thiocarbonyl (C=S) groups is 1. The van der Waals surface area contributed by atoms with E-state index in [4.69, 9.17) is 17.0 Å². The van der Waals surface area contributed by atoms with Gasteiger partial charge in [-0.3, -0.25) is 4.79 Å². The first kappa shape index (κ1) is 18.2. The summed E-state index contributed by atoms with van der Waals surface area (Å²) < 4.78 is 5.89. The van der Waals surface area contributed by atoms with Gasteiger partial charge in [-0.1, -0.05) is 49.4 Å². The van der Waals surface area contributed by atoms with E-state index in [1.54, 1.807) is 0 Å². The maximum absolute atomic E-state index is 12.4. The maximum atomic E-state index is 12.4. The van der Waals surface area contributed by atoms with Crippen LogP contribution in [0.3, 0.4) is 0 Å². The summed E-state index contributed by atoms with van der Waals surface area (Å²) in [5.74, 6) is 0.552. The number of rotatable bonds is 5. The van der Waals surface area contributed by atoms with Gasteiger partial charge in [0, 0.05) is 13.1 Å². The van der Waals surface area contributed by atoms with E-state index < -0.39 is 6.10 Å². The average molecular weight is 369 g/mol. The first-order chi connectivity index (χ1) is 12.7. The van der Waals surface area contributed by atoms with Crippen LogP contribution in [0, 0.1) is 0 Å². The SMILES string of the molecule is CCCNC(=O)[C@@H]1CN(C(=S)NCc2ccccc2)c2ccccc2O1. The molecule has 0 bridgehead atoms. The molecule has 5 nitrogen and oxygen atoms in total. The van der Waals surface area contributed by atoms with Crippen molar-refractivity contribution in [1.29, 1.82) is 0 Å². The Morgan fingerprint density at radius 1 is 1.15 bits per heavy atom. The molecule has 2 aromatic rings. The monoisotopic (exact) mass is 369 g/mol. The molecule has 1 aliphatic heterocycles. The van der Waals surface area contributed by atoms with Crippen LogP contribution in [0.4, 0.5) is 5.69 Å². The fourth-order valence-electron chi connectivity index (χ4n) is 2.79. The zero-order chi connectivity index (χ0) is 18.4. The van der Waals surface area contributed by atoms with Crippen LogP contribution < -0.4 is 20.3 Å². The van der Waals surface area contributed by atoms with E-state index in [2.05, 4.69) is 10.6 Å². The molecule has 26 heavy (non-hydrogen) atoms. The van der Waals surface area contributed by atoms with Gasteiger partial charge in [0.2, 0.25) is 0 Å². The number of para-hydroxylation sites is 2. The molecule has 0 saturated heterocycles. The minimum atomic E-state index is -0.590. The van der Waals surface area contributed by atoms with Crippen LogP contribution >= 0.6 is 12.2 Å². The predicted molar refractivity (Wildman–Crippen MR) is 107 cm³/mol. The van der Waals surface area contributed by atoms with E-state index in [-0.39, 0.29) is 5.91 Å². The number of benzene rings is 2. The van der Waals surface area contributed by atoms with Crippen LogP contribution in [0.15, 0.2) is 54.6 Å². The molecule has 136 valence electrons. The molecular formula is C20H23N3O2S. The van der Waals surface area contributed by atoms with E-state index in [1.807, 2.05) is 66.4 Å². The van der Waals surface area contributed by atoms with Gasteiger partial charge in [0.25, 0.3) is 5.91 Å². The maximum Gasteiger partial charge on any atom is 0.262 e. The Morgan fingerprint density at radius 2 is 1.88 bits per heavy atom. The lowest BCUT2D eigenvalue weighted by Crippen LogP contribution is -2.53. The highest BCUT2D eigenvalue weighted by Gasteiger charge is 2.32. The highest BCUT2D eigenvalue weighted by atomic mass is 32.1. The van der Waals surface area contributed by atoms with Crippen molar-refractivity contribution in [2.45, 2.75) is 26.0 Å². The fraction of sp³-hybridized carbons (Fsp3) is 0.300. The number of anilines is 1. The third-order valence-electron chi connectivity index (χ3n) is 4.15. The molecular weight excluding hydrogens is 346 g/mol. The first-order valence-electron chi connectivity index (χ1n) is 8.81. The van der Waals surface area contributed by atoms with Crippen molar-refractivity contribution < 1.29 is 9.53 Å². The van der Waals surface area contributed by atoms with E-state index in [9.17, 15) is 4.79 Å². The van der Waals surface area contributed by atoms with Crippen molar-refractivity contribution >= 4 is 28.9 Å². The van der Waals surface area contributed by atoms with Gasteiger partial charge in [-0.05, 0) is 36.3 Å². The summed E-state index contributed by atoms with van der Waals surface area (Å²) in [7, 11) is 0. The van der Waals surface area contributed by atoms with E-state index >= 15 is 0 Å². The summed E-state index contributed by atoms with van der Waals surface area (Å²) in [6, 6.07) is 17.7. The molecule has 0 aliphatic carbocycles. The molecule has 2 aromatic carbocycles. The van der Waals surface area contributed by atoms with Gasteiger partial charge < -0.3 is 20.3 Å². The van der Waals surface area contributed by atoms with E-state index in [0.29, 0.717) is 30.5 Å². The Morgan fingerprint density at radius 3 is 2.65 bits per heavy atom. The van der Waals surface area contributed by atoms with Crippen LogP contribution in [0.5, 0.6) is 5.75 Å². The number of carbonyl (C=O) groups excluding carboxylic acids is 1. The smallest absolute Gasteiger partial charge is 0.262 e. The highest BCUT2D eigenvalue weighted by Crippen LogP contribution is 2.33. The average Bonchev–Trinajstić information content (AvgIpc) is 2.70. The lowest BCUT2D eigenvalue weighted by molar-refractivity contribution is -0.127. The number of nitrogens with zero attached hydrogens (tertiary/aromatic N) is 1. The second-order valence-corrected chi connectivity index (χ2v) is 6.51. The zero-order valence-electron chi connectivity index (χ0n) is 14.8. The van der Waals surface area contributed by atoms with Gasteiger partial charge in [-0.2, -0.15) is 0 Å². The molecule has 0 spiro atoms. The van der Waals surface area contributed by atoms with Crippen molar-refractivity contribution in [2.24, 2.45) is 0 Å². The third-order valence-corrected chi connectivity index (χ3v) is 4.51. The summed E-state index contributed by atoms with van der Waals surface area (Å²) in [6.45, 7) is 3.67. The molecule has 0 fully saturated rings.